The Hall–Kier alpha value is -1.53. The van der Waals surface area contributed by atoms with E-state index in [1.165, 1.54) is 16.8 Å². The van der Waals surface area contributed by atoms with E-state index in [0.717, 1.165) is 4.68 Å². The highest BCUT2D eigenvalue weighted by Gasteiger charge is 2.13. The molecule has 0 fully saturated rings. The first-order chi connectivity index (χ1) is 8.04. The van der Waals surface area contributed by atoms with Gasteiger partial charge in [-0.25, -0.2) is 4.79 Å². The lowest BCUT2D eigenvalue weighted by molar-refractivity contribution is 0.475. The van der Waals surface area contributed by atoms with Crippen LogP contribution in [0.2, 0.25) is 10.0 Å². The van der Waals surface area contributed by atoms with Crippen LogP contribution in [0.15, 0.2) is 16.9 Å². The lowest BCUT2D eigenvalue weighted by Crippen LogP contribution is -2.23. The maximum Gasteiger partial charge on any atom is 0.368 e. The number of hydrogen-bond donors (Lipinski definition) is 1. The highest BCUT2D eigenvalue weighted by atomic mass is 35.5. The molecule has 1 aromatic carbocycles. The number of tetrazole rings is 1. The Balaban J connectivity index is 2.64. The van der Waals surface area contributed by atoms with Gasteiger partial charge in [-0.1, -0.05) is 23.2 Å². The summed E-state index contributed by atoms with van der Waals surface area (Å²) >= 11 is 11.6. The third-order valence-corrected chi connectivity index (χ3v) is 2.79. The lowest BCUT2D eigenvalue weighted by atomic mass is 10.3. The van der Waals surface area contributed by atoms with Crippen molar-refractivity contribution in [2.45, 2.75) is 13.5 Å². The summed E-state index contributed by atoms with van der Waals surface area (Å²) in [6.45, 7) is 2.16. The number of halogens is 2. The van der Waals surface area contributed by atoms with E-state index in [1.54, 1.807) is 6.92 Å². The van der Waals surface area contributed by atoms with Gasteiger partial charge in [0.2, 0.25) is 0 Å². The van der Waals surface area contributed by atoms with E-state index in [4.69, 9.17) is 23.2 Å². The van der Waals surface area contributed by atoms with Crippen molar-refractivity contribution in [2.24, 2.45) is 0 Å². The molecule has 8 heteroatoms. The molecule has 1 N–H and O–H groups in total. The summed E-state index contributed by atoms with van der Waals surface area (Å²) in [7, 11) is 0. The van der Waals surface area contributed by atoms with Crippen LogP contribution in [0, 0.1) is 0 Å². The summed E-state index contributed by atoms with van der Waals surface area (Å²) in [4.78, 5) is 11.8. The van der Waals surface area contributed by atoms with Gasteiger partial charge in [-0.05, 0) is 23.4 Å². The summed E-state index contributed by atoms with van der Waals surface area (Å²) in [5, 5.41) is 17.1. The van der Waals surface area contributed by atoms with Crippen molar-refractivity contribution in [1.29, 1.82) is 0 Å². The maximum atomic E-state index is 11.8. The second-order valence-electron chi connectivity index (χ2n) is 3.24. The third kappa shape index (κ3) is 2.01. The topological polar surface area (TPSA) is 72.9 Å². The maximum absolute atomic E-state index is 11.8. The predicted molar refractivity (Wildman–Crippen MR) is 63.0 cm³/mol. The number of aromatic hydroxyl groups is 1. The fourth-order valence-corrected chi connectivity index (χ4v) is 1.78. The van der Waals surface area contributed by atoms with E-state index in [9.17, 15) is 9.90 Å². The molecule has 17 heavy (non-hydrogen) atoms. The van der Waals surface area contributed by atoms with Crippen LogP contribution in [-0.4, -0.2) is 24.9 Å². The minimum Gasteiger partial charge on any atom is -0.506 e. The van der Waals surface area contributed by atoms with Crippen molar-refractivity contribution in [1.82, 2.24) is 19.8 Å². The predicted octanol–water partition coefficient (Wildman–Crippen LogP) is 1.46. The van der Waals surface area contributed by atoms with Gasteiger partial charge in [-0.3, -0.25) is 0 Å². The Bertz CT molecular complexity index is 620. The number of aryl methyl sites for hydroxylation is 1. The number of hydrogen-bond acceptors (Lipinski definition) is 4. The number of nitrogens with zero attached hydrogens (tertiary/aromatic N) is 4. The van der Waals surface area contributed by atoms with E-state index in [2.05, 4.69) is 10.4 Å². The van der Waals surface area contributed by atoms with Gasteiger partial charge >= 0.3 is 5.69 Å². The molecule has 1 heterocycles. The molecule has 1 aromatic heterocycles. The van der Waals surface area contributed by atoms with E-state index in [0.29, 0.717) is 6.54 Å². The molecule has 6 nitrogen and oxygen atoms in total. The summed E-state index contributed by atoms with van der Waals surface area (Å²) in [6, 6.07) is 2.60. The standard InChI is InChI=1S/C9H8Cl2N4O2/c1-2-14-9(17)15(13-12-14)7-4-8(16)6(11)3-5(7)10/h3-4,16H,2H2,1H3. The summed E-state index contributed by atoms with van der Waals surface area (Å²) < 4.78 is 2.17. The van der Waals surface area contributed by atoms with Gasteiger partial charge in [0.15, 0.2) is 0 Å². The second-order valence-corrected chi connectivity index (χ2v) is 4.06. The van der Waals surface area contributed by atoms with Crippen LogP contribution in [0.1, 0.15) is 6.92 Å². The van der Waals surface area contributed by atoms with Crippen molar-refractivity contribution in [3.05, 3.63) is 32.7 Å². The molecular formula is C9H8Cl2N4O2. The zero-order valence-electron chi connectivity index (χ0n) is 8.76. The quantitative estimate of drug-likeness (QED) is 0.900. The molecule has 0 aliphatic rings. The van der Waals surface area contributed by atoms with E-state index >= 15 is 0 Å². The van der Waals surface area contributed by atoms with Gasteiger partial charge < -0.3 is 5.11 Å². The molecule has 0 aliphatic heterocycles. The van der Waals surface area contributed by atoms with E-state index in [-0.39, 0.29) is 21.5 Å². The van der Waals surface area contributed by atoms with Crippen LogP contribution in [0.5, 0.6) is 5.75 Å². The Morgan fingerprint density at radius 1 is 1.29 bits per heavy atom. The molecule has 2 rings (SSSR count). The number of rotatable bonds is 2. The van der Waals surface area contributed by atoms with Crippen molar-refractivity contribution in [3.63, 3.8) is 0 Å². The summed E-state index contributed by atoms with van der Waals surface area (Å²) in [6.07, 6.45) is 0. The third-order valence-electron chi connectivity index (χ3n) is 2.18. The molecule has 90 valence electrons. The zero-order valence-corrected chi connectivity index (χ0v) is 10.3. The Kier molecular flexibility index (Phi) is 3.08. The van der Waals surface area contributed by atoms with Gasteiger partial charge in [0.1, 0.15) is 5.75 Å². The molecule has 0 aliphatic carbocycles. The highest BCUT2D eigenvalue weighted by Crippen LogP contribution is 2.31. The van der Waals surface area contributed by atoms with Crippen LogP contribution >= 0.6 is 23.2 Å². The fraction of sp³-hybridized carbons (Fsp3) is 0.222. The Labute approximate surface area is 106 Å². The largest absolute Gasteiger partial charge is 0.506 e. The monoisotopic (exact) mass is 274 g/mol. The normalized spacial score (nSPS) is 10.8. The molecule has 0 unspecified atom stereocenters. The van der Waals surface area contributed by atoms with Crippen molar-refractivity contribution >= 4 is 23.2 Å². The molecule has 0 amide bonds. The average Bonchev–Trinajstić information content (AvgIpc) is 2.65. The second kappa shape index (κ2) is 4.38. The van der Waals surface area contributed by atoms with Crippen molar-refractivity contribution in [3.8, 4) is 11.4 Å². The highest BCUT2D eigenvalue weighted by molar-refractivity contribution is 6.36. The van der Waals surface area contributed by atoms with Crippen LogP contribution in [0.25, 0.3) is 5.69 Å². The van der Waals surface area contributed by atoms with Crippen LogP contribution in [-0.2, 0) is 6.54 Å². The average molecular weight is 275 g/mol. The van der Waals surface area contributed by atoms with E-state index in [1.807, 2.05) is 0 Å². The Morgan fingerprint density at radius 2 is 2.00 bits per heavy atom. The zero-order chi connectivity index (χ0) is 12.6. The van der Waals surface area contributed by atoms with Gasteiger partial charge in [0.25, 0.3) is 0 Å². The number of phenolic OH excluding ortho intramolecular Hbond substituents is 1. The van der Waals surface area contributed by atoms with Crippen LogP contribution in [0.3, 0.4) is 0 Å². The minimum absolute atomic E-state index is 0.106. The smallest absolute Gasteiger partial charge is 0.368 e. The number of phenols is 1. The molecule has 0 atom stereocenters. The van der Waals surface area contributed by atoms with Crippen molar-refractivity contribution in [2.75, 3.05) is 0 Å². The minimum atomic E-state index is -0.434. The van der Waals surface area contributed by atoms with Gasteiger partial charge in [-0.15, -0.1) is 0 Å². The summed E-state index contributed by atoms with van der Waals surface area (Å²) in [5.41, 5.74) is -0.200. The molecule has 2 aromatic rings. The molecule has 0 radical (unpaired) electrons. The lowest BCUT2D eigenvalue weighted by Gasteiger charge is -2.04. The van der Waals surface area contributed by atoms with Crippen LogP contribution < -0.4 is 5.69 Å². The molecular weight excluding hydrogens is 267 g/mol. The van der Waals surface area contributed by atoms with Gasteiger partial charge in [-0.2, -0.15) is 9.36 Å². The molecule has 0 bridgehead atoms. The van der Waals surface area contributed by atoms with E-state index < -0.39 is 5.69 Å². The SMILES string of the molecule is CCn1nnn(-c2cc(O)c(Cl)cc2Cl)c1=O. The number of aromatic nitrogens is 4. The first kappa shape index (κ1) is 11.9. The number of benzene rings is 1. The summed E-state index contributed by atoms with van der Waals surface area (Å²) in [5.74, 6) is -0.177. The fourth-order valence-electron chi connectivity index (χ4n) is 1.31. The first-order valence-electron chi connectivity index (χ1n) is 4.75. The van der Waals surface area contributed by atoms with Crippen LogP contribution in [0.4, 0.5) is 0 Å². The van der Waals surface area contributed by atoms with Gasteiger partial charge in [0.05, 0.1) is 15.7 Å². The van der Waals surface area contributed by atoms with Gasteiger partial charge in [0, 0.05) is 12.6 Å². The van der Waals surface area contributed by atoms with Crippen molar-refractivity contribution < 1.29 is 5.11 Å². The molecule has 0 spiro atoms. The first-order valence-corrected chi connectivity index (χ1v) is 5.51. The molecule has 0 saturated carbocycles. The molecule has 0 saturated heterocycles. The Morgan fingerprint density at radius 3 is 2.59 bits per heavy atom.